The number of carbonyl (C=O) groups excluding carboxylic acids is 1. The van der Waals surface area contributed by atoms with E-state index in [2.05, 4.69) is 31.4 Å². The van der Waals surface area contributed by atoms with Crippen molar-refractivity contribution in [3.05, 3.63) is 39.9 Å². The molecule has 0 aliphatic heterocycles. The zero-order valence-corrected chi connectivity index (χ0v) is 10.3. The summed E-state index contributed by atoms with van der Waals surface area (Å²) in [6.45, 7) is 1.61. The molecule has 7 heteroatoms. The fourth-order valence-corrected chi connectivity index (χ4v) is 1.56. The highest BCUT2D eigenvalue weighted by molar-refractivity contribution is 9.10. The van der Waals surface area contributed by atoms with Crippen LogP contribution in [0, 0.1) is 12.7 Å². The maximum Gasteiger partial charge on any atom is 0.328 e. The van der Waals surface area contributed by atoms with Crippen molar-refractivity contribution in [3.63, 3.8) is 0 Å². The van der Waals surface area contributed by atoms with E-state index in [0.29, 0.717) is 5.82 Å². The SMILES string of the molecule is Cc1noc(NC(=O)c2cccc(Br)c2F)n1. The monoisotopic (exact) mass is 299 g/mol. The molecular formula is C10H7BrFN3O2. The molecule has 0 radical (unpaired) electrons. The van der Waals surface area contributed by atoms with Gasteiger partial charge in [-0.25, -0.2) is 4.39 Å². The summed E-state index contributed by atoms with van der Waals surface area (Å²) < 4.78 is 18.5. The minimum atomic E-state index is -0.646. The van der Waals surface area contributed by atoms with Crippen molar-refractivity contribution in [2.24, 2.45) is 0 Å². The quantitative estimate of drug-likeness (QED) is 0.925. The van der Waals surface area contributed by atoms with Crippen LogP contribution in [0.2, 0.25) is 0 Å². The standard InChI is InChI=1S/C10H7BrFN3O2/c1-5-13-10(17-15-5)14-9(16)6-3-2-4-7(11)8(6)12/h2-4H,1H3,(H,13,14,15,16). The molecule has 0 fully saturated rings. The topological polar surface area (TPSA) is 68.0 Å². The van der Waals surface area contributed by atoms with Crippen molar-refractivity contribution in [3.8, 4) is 0 Å². The Labute approximate surface area is 104 Å². The van der Waals surface area contributed by atoms with Gasteiger partial charge in [0.15, 0.2) is 5.82 Å². The van der Waals surface area contributed by atoms with E-state index in [1.165, 1.54) is 12.1 Å². The van der Waals surface area contributed by atoms with Crippen LogP contribution in [0.4, 0.5) is 10.4 Å². The summed E-state index contributed by atoms with van der Waals surface area (Å²) in [5.74, 6) is -0.899. The molecule has 2 aromatic rings. The molecule has 0 unspecified atom stereocenters. The van der Waals surface area contributed by atoms with Gasteiger partial charge in [-0.3, -0.25) is 10.1 Å². The van der Waals surface area contributed by atoms with E-state index in [-0.39, 0.29) is 16.1 Å². The molecule has 5 nitrogen and oxygen atoms in total. The maximum absolute atomic E-state index is 13.6. The molecule has 0 aliphatic carbocycles. The van der Waals surface area contributed by atoms with Gasteiger partial charge in [0.2, 0.25) is 0 Å². The first-order chi connectivity index (χ1) is 8.08. The zero-order chi connectivity index (χ0) is 12.4. The molecular weight excluding hydrogens is 293 g/mol. The summed E-state index contributed by atoms with van der Waals surface area (Å²) in [5.41, 5.74) is -0.102. The molecule has 1 aromatic heterocycles. The number of rotatable bonds is 2. The Morgan fingerprint density at radius 1 is 1.53 bits per heavy atom. The van der Waals surface area contributed by atoms with Gasteiger partial charge in [-0.2, -0.15) is 4.98 Å². The summed E-state index contributed by atoms with van der Waals surface area (Å²) in [6.07, 6.45) is 0. The maximum atomic E-state index is 13.6. The van der Waals surface area contributed by atoms with Crippen LogP contribution in [0.3, 0.4) is 0 Å². The van der Waals surface area contributed by atoms with E-state index < -0.39 is 11.7 Å². The second-order valence-corrected chi connectivity index (χ2v) is 4.06. The molecule has 88 valence electrons. The van der Waals surface area contributed by atoms with Crippen molar-refractivity contribution in [1.29, 1.82) is 0 Å². The van der Waals surface area contributed by atoms with Gasteiger partial charge in [0, 0.05) is 0 Å². The molecule has 2 rings (SSSR count). The van der Waals surface area contributed by atoms with Gasteiger partial charge >= 0.3 is 6.01 Å². The Hall–Kier alpha value is -1.76. The number of halogens is 2. The van der Waals surface area contributed by atoms with Crippen LogP contribution in [0.15, 0.2) is 27.2 Å². The van der Waals surface area contributed by atoms with Gasteiger partial charge in [0.1, 0.15) is 5.82 Å². The summed E-state index contributed by atoms with van der Waals surface area (Å²) in [4.78, 5) is 15.5. The second kappa shape index (κ2) is 4.62. The van der Waals surface area contributed by atoms with Crippen LogP contribution in [0.25, 0.3) is 0 Å². The van der Waals surface area contributed by atoms with Crippen molar-refractivity contribution >= 4 is 27.9 Å². The van der Waals surface area contributed by atoms with Crippen LogP contribution < -0.4 is 5.32 Å². The molecule has 0 spiro atoms. The van der Waals surface area contributed by atoms with E-state index in [0.717, 1.165) is 0 Å². The summed E-state index contributed by atoms with van der Waals surface area (Å²) in [5, 5.41) is 5.81. The number of hydrogen-bond donors (Lipinski definition) is 1. The third-order valence-electron chi connectivity index (χ3n) is 1.94. The van der Waals surface area contributed by atoms with Crippen LogP contribution in [-0.4, -0.2) is 16.0 Å². The molecule has 17 heavy (non-hydrogen) atoms. The van der Waals surface area contributed by atoms with E-state index in [1.54, 1.807) is 13.0 Å². The smallest absolute Gasteiger partial charge is 0.315 e. The number of nitrogens with zero attached hydrogens (tertiary/aromatic N) is 2. The fraction of sp³-hybridized carbons (Fsp3) is 0.100. The fourth-order valence-electron chi connectivity index (χ4n) is 1.19. The number of aryl methyl sites for hydroxylation is 1. The molecule has 1 amide bonds. The minimum absolute atomic E-state index is 0.0631. The van der Waals surface area contributed by atoms with E-state index in [4.69, 9.17) is 4.52 Å². The minimum Gasteiger partial charge on any atom is -0.315 e. The number of amides is 1. The van der Waals surface area contributed by atoms with Gasteiger partial charge in [-0.1, -0.05) is 11.2 Å². The van der Waals surface area contributed by atoms with E-state index in [1.807, 2.05) is 0 Å². The Kier molecular flexibility index (Phi) is 3.19. The van der Waals surface area contributed by atoms with Gasteiger partial charge in [0.05, 0.1) is 10.0 Å². The lowest BCUT2D eigenvalue weighted by molar-refractivity contribution is 0.101. The molecule has 1 N–H and O–H groups in total. The predicted octanol–water partition coefficient (Wildman–Crippen LogP) is 2.53. The first kappa shape index (κ1) is 11.7. The summed E-state index contributed by atoms with van der Waals surface area (Å²) in [7, 11) is 0. The molecule has 1 heterocycles. The predicted molar refractivity (Wildman–Crippen MR) is 61.1 cm³/mol. The van der Waals surface area contributed by atoms with Gasteiger partial charge in [-0.15, -0.1) is 0 Å². The Balaban J connectivity index is 2.23. The molecule has 1 aromatic carbocycles. The van der Waals surface area contributed by atoms with Gasteiger partial charge in [0.25, 0.3) is 5.91 Å². The lowest BCUT2D eigenvalue weighted by Crippen LogP contribution is -2.14. The molecule has 0 bridgehead atoms. The molecule has 0 aliphatic rings. The Morgan fingerprint density at radius 2 is 2.29 bits per heavy atom. The highest BCUT2D eigenvalue weighted by Crippen LogP contribution is 2.19. The highest BCUT2D eigenvalue weighted by atomic mass is 79.9. The normalized spacial score (nSPS) is 10.3. The van der Waals surface area contributed by atoms with Crippen LogP contribution in [-0.2, 0) is 0 Å². The van der Waals surface area contributed by atoms with Gasteiger partial charge in [-0.05, 0) is 35.0 Å². The average Bonchev–Trinajstić information content (AvgIpc) is 2.68. The van der Waals surface area contributed by atoms with Crippen molar-refractivity contribution in [2.75, 3.05) is 5.32 Å². The zero-order valence-electron chi connectivity index (χ0n) is 8.70. The summed E-state index contributed by atoms with van der Waals surface area (Å²) in [6, 6.07) is 4.36. The van der Waals surface area contributed by atoms with Gasteiger partial charge < -0.3 is 4.52 Å². The number of nitrogens with one attached hydrogen (secondary N) is 1. The lowest BCUT2D eigenvalue weighted by Gasteiger charge is -2.02. The van der Waals surface area contributed by atoms with E-state index >= 15 is 0 Å². The van der Waals surface area contributed by atoms with Crippen molar-refractivity contribution in [2.45, 2.75) is 6.92 Å². The first-order valence-corrected chi connectivity index (χ1v) is 5.43. The third kappa shape index (κ3) is 2.50. The number of hydrogen-bond acceptors (Lipinski definition) is 4. The number of carbonyl (C=O) groups is 1. The van der Waals surface area contributed by atoms with Crippen LogP contribution in [0.5, 0.6) is 0 Å². The third-order valence-corrected chi connectivity index (χ3v) is 2.56. The molecule has 0 saturated carbocycles. The largest absolute Gasteiger partial charge is 0.328 e. The van der Waals surface area contributed by atoms with Crippen LogP contribution in [0.1, 0.15) is 16.2 Å². The van der Waals surface area contributed by atoms with Crippen molar-refractivity contribution in [1.82, 2.24) is 10.1 Å². The number of benzene rings is 1. The number of aromatic nitrogens is 2. The van der Waals surface area contributed by atoms with Crippen molar-refractivity contribution < 1.29 is 13.7 Å². The lowest BCUT2D eigenvalue weighted by atomic mass is 10.2. The first-order valence-electron chi connectivity index (χ1n) is 4.63. The highest BCUT2D eigenvalue weighted by Gasteiger charge is 2.16. The second-order valence-electron chi connectivity index (χ2n) is 3.20. The van der Waals surface area contributed by atoms with E-state index in [9.17, 15) is 9.18 Å². The summed E-state index contributed by atoms with van der Waals surface area (Å²) >= 11 is 3.00. The molecule has 0 saturated heterocycles. The molecule has 0 atom stereocenters. The van der Waals surface area contributed by atoms with Crippen LogP contribution >= 0.6 is 15.9 Å². The number of anilines is 1. The Morgan fingerprint density at radius 3 is 2.94 bits per heavy atom. The average molecular weight is 300 g/mol. The Bertz CT molecular complexity index is 570.